The molecule has 2 aromatic heterocycles. The third-order valence-corrected chi connectivity index (χ3v) is 6.13. The second-order valence-electron chi connectivity index (χ2n) is 7.59. The molecule has 30 heavy (non-hydrogen) atoms. The second kappa shape index (κ2) is 9.95. The van der Waals surface area contributed by atoms with Gasteiger partial charge in [-0.3, -0.25) is 9.69 Å². The van der Waals surface area contributed by atoms with Gasteiger partial charge >= 0.3 is 0 Å². The first-order valence-electron chi connectivity index (χ1n) is 10.4. The van der Waals surface area contributed by atoms with E-state index in [2.05, 4.69) is 37.6 Å². The van der Waals surface area contributed by atoms with Gasteiger partial charge in [0.2, 0.25) is 17.7 Å². The molecular weight excluding hydrogens is 398 g/mol. The third-order valence-electron chi connectivity index (χ3n) is 5.31. The Labute approximate surface area is 180 Å². The summed E-state index contributed by atoms with van der Waals surface area (Å²) < 4.78 is 5.72. The van der Waals surface area contributed by atoms with Crippen molar-refractivity contribution in [2.24, 2.45) is 0 Å². The number of aryl methyl sites for hydroxylation is 4. The SMILES string of the molecule is Cc1nc(CN2CCN(C(=O)CCc3nnc(CCc4ccccc4)o3)CC2)cs1. The van der Waals surface area contributed by atoms with Crippen molar-refractivity contribution in [1.29, 1.82) is 0 Å². The first kappa shape index (κ1) is 20.7. The number of benzene rings is 1. The van der Waals surface area contributed by atoms with Crippen LogP contribution in [0, 0.1) is 6.92 Å². The Morgan fingerprint density at radius 3 is 2.47 bits per heavy atom. The predicted molar refractivity (Wildman–Crippen MR) is 115 cm³/mol. The van der Waals surface area contributed by atoms with E-state index >= 15 is 0 Å². The molecule has 158 valence electrons. The van der Waals surface area contributed by atoms with Crippen LogP contribution in [0.15, 0.2) is 40.1 Å². The number of carbonyl (C=O) groups excluding carboxylic acids is 1. The number of aromatic nitrogens is 3. The van der Waals surface area contributed by atoms with Crippen molar-refractivity contribution in [2.45, 2.75) is 39.2 Å². The molecule has 0 radical (unpaired) electrons. The largest absolute Gasteiger partial charge is 0.425 e. The molecule has 0 N–H and O–H groups in total. The molecule has 0 atom stereocenters. The van der Waals surface area contributed by atoms with Crippen molar-refractivity contribution in [1.82, 2.24) is 25.0 Å². The van der Waals surface area contributed by atoms with Gasteiger partial charge in [0, 0.05) is 57.4 Å². The smallest absolute Gasteiger partial charge is 0.223 e. The molecule has 1 fully saturated rings. The van der Waals surface area contributed by atoms with E-state index < -0.39 is 0 Å². The molecule has 0 saturated carbocycles. The maximum absolute atomic E-state index is 12.6. The highest BCUT2D eigenvalue weighted by molar-refractivity contribution is 7.09. The number of thiazole rings is 1. The van der Waals surface area contributed by atoms with Crippen molar-refractivity contribution in [3.05, 3.63) is 63.8 Å². The Hall–Kier alpha value is -2.58. The Kier molecular flexibility index (Phi) is 6.86. The van der Waals surface area contributed by atoms with Crippen LogP contribution in [0.3, 0.4) is 0 Å². The summed E-state index contributed by atoms with van der Waals surface area (Å²) in [6.07, 6.45) is 2.48. The molecule has 3 aromatic rings. The number of hydrogen-bond donors (Lipinski definition) is 0. The van der Waals surface area contributed by atoms with Gasteiger partial charge in [-0.25, -0.2) is 4.98 Å². The molecule has 0 bridgehead atoms. The quantitative estimate of drug-likeness (QED) is 0.552. The summed E-state index contributed by atoms with van der Waals surface area (Å²) in [5, 5.41) is 11.4. The van der Waals surface area contributed by atoms with Crippen LogP contribution in [-0.2, 0) is 30.6 Å². The van der Waals surface area contributed by atoms with Crippen molar-refractivity contribution < 1.29 is 9.21 Å². The van der Waals surface area contributed by atoms with Gasteiger partial charge in [-0.05, 0) is 18.9 Å². The monoisotopic (exact) mass is 425 g/mol. The zero-order valence-corrected chi connectivity index (χ0v) is 18.1. The Bertz CT molecular complexity index is 947. The summed E-state index contributed by atoms with van der Waals surface area (Å²) >= 11 is 1.68. The predicted octanol–water partition coefficient (Wildman–Crippen LogP) is 2.90. The molecule has 3 heterocycles. The normalized spacial score (nSPS) is 14.9. The number of rotatable bonds is 8. The van der Waals surface area contributed by atoms with Gasteiger partial charge in [0.15, 0.2) is 0 Å². The van der Waals surface area contributed by atoms with E-state index in [-0.39, 0.29) is 5.91 Å². The summed E-state index contributed by atoms with van der Waals surface area (Å²) in [6.45, 7) is 6.17. The topological polar surface area (TPSA) is 75.4 Å². The van der Waals surface area contributed by atoms with Crippen molar-refractivity contribution in [3.8, 4) is 0 Å². The minimum absolute atomic E-state index is 0.156. The van der Waals surface area contributed by atoms with Crippen LogP contribution in [0.2, 0.25) is 0 Å². The lowest BCUT2D eigenvalue weighted by molar-refractivity contribution is -0.133. The van der Waals surface area contributed by atoms with Crippen LogP contribution in [-0.4, -0.2) is 57.1 Å². The molecule has 1 amide bonds. The van der Waals surface area contributed by atoms with Gasteiger partial charge in [-0.1, -0.05) is 30.3 Å². The lowest BCUT2D eigenvalue weighted by Gasteiger charge is -2.34. The first-order chi connectivity index (χ1) is 14.7. The van der Waals surface area contributed by atoms with Gasteiger partial charge in [0.25, 0.3) is 0 Å². The van der Waals surface area contributed by atoms with Gasteiger partial charge in [-0.15, -0.1) is 21.5 Å². The lowest BCUT2D eigenvalue weighted by atomic mass is 10.1. The van der Waals surface area contributed by atoms with Crippen LogP contribution in [0.4, 0.5) is 0 Å². The summed E-state index contributed by atoms with van der Waals surface area (Å²) in [5.41, 5.74) is 2.37. The molecule has 0 aliphatic carbocycles. The van der Waals surface area contributed by atoms with Crippen molar-refractivity contribution >= 4 is 17.2 Å². The van der Waals surface area contributed by atoms with E-state index in [1.165, 1.54) is 5.56 Å². The van der Waals surface area contributed by atoms with E-state index in [1.807, 2.05) is 30.0 Å². The number of amides is 1. The number of carbonyl (C=O) groups is 1. The molecule has 1 aliphatic rings. The first-order valence-corrected chi connectivity index (χ1v) is 11.3. The highest BCUT2D eigenvalue weighted by Crippen LogP contribution is 2.13. The molecule has 7 nitrogen and oxygen atoms in total. The van der Waals surface area contributed by atoms with E-state index in [0.29, 0.717) is 31.0 Å². The maximum atomic E-state index is 12.6. The van der Waals surface area contributed by atoms with Crippen LogP contribution >= 0.6 is 11.3 Å². The number of hydrogen-bond acceptors (Lipinski definition) is 7. The van der Waals surface area contributed by atoms with Crippen LogP contribution in [0.1, 0.15) is 34.5 Å². The van der Waals surface area contributed by atoms with E-state index in [1.54, 1.807) is 11.3 Å². The summed E-state index contributed by atoms with van der Waals surface area (Å²) in [4.78, 5) is 21.4. The Balaban J connectivity index is 1.17. The van der Waals surface area contributed by atoms with E-state index in [0.717, 1.165) is 49.8 Å². The number of nitrogens with zero attached hydrogens (tertiary/aromatic N) is 5. The molecule has 8 heteroatoms. The molecule has 4 rings (SSSR count). The van der Waals surface area contributed by atoms with Gasteiger partial charge < -0.3 is 9.32 Å². The summed E-state index contributed by atoms with van der Waals surface area (Å²) in [5.74, 6) is 1.33. The zero-order valence-electron chi connectivity index (χ0n) is 17.3. The second-order valence-corrected chi connectivity index (χ2v) is 8.65. The maximum Gasteiger partial charge on any atom is 0.223 e. The minimum Gasteiger partial charge on any atom is -0.425 e. The highest BCUT2D eigenvalue weighted by Gasteiger charge is 2.22. The summed E-state index contributed by atoms with van der Waals surface area (Å²) in [6, 6.07) is 10.2. The third kappa shape index (κ3) is 5.73. The van der Waals surface area contributed by atoms with Crippen LogP contribution in [0.25, 0.3) is 0 Å². The molecule has 0 spiro atoms. The van der Waals surface area contributed by atoms with Crippen molar-refractivity contribution in [2.75, 3.05) is 26.2 Å². The van der Waals surface area contributed by atoms with E-state index in [4.69, 9.17) is 4.42 Å². The van der Waals surface area contributed by atoms with Crippen molar-refractivity contribution in [3.63, 3.8) is 0 Å². The standard InChI is InChI=1S/C22H27N5O2S/c1-17-23-19(16-30-17)15-26-11-13-27(14-12-26)22(28)10-9-21-25-24-20(29-21)8-7-18-5-3-2-4-6-18/h2-6,16H,7-15H2,1H3. The van der Waals surface area contributed by atoms with Crippen LogP contribution in [0.5, 0.6) is 0 Å². The molecule has 0 unspecified atom stereocenters. The Morgan fingerprint density at radius 1 is 1.03 bits per heavy atom. The molecule has 1 aromatic carbocycles. The summed E-state index contributed by atoms with van der Waals surface area (Å²) in [7, 11) is 0. The molecular formula is C22H27N5O2S. The zero-order chi connectivity index (χ0) is 20.8. The minimum atomic E-state index is 0.156. The highest BCUT2D eigenvalue weighted by atomic mass is 32.1. The number of piperazine rings is 1. The molecule has 1 saturated heterocycles. The fraction of sp³-hybridized carbons (Fsp3) is 0.455. The fourth-order valence-corrected chi connectivity index (χ4v) is 4.23. The van der Waals surface area contributed by atoms with Gasteiger partial charge in [0.1, 0.15) is 0 Å². The lowest BCUT2D eigenvalue weighted by Crippen LogP contribution is -2.48. The Morgan fingerprint density at radius 2 is 1.77 bits per heavy atom. The molecule has 1 aliphatic heterocycles. The average molecular weight is 426 g/mol. The van der Waals surface area contributed by atoms with Crippen LogP contribution < -0.4 is 0 Å². The van der Waals surface area contributed by atoms with E-state index in [9.17, 15) is 4.79 Å². The average Bonchev–Trinajstić information content (AvgIpc) is 3.40. The van der Waals surface area contributed by atoms with Gasteiger partial charge in [0.05, 0.1) is 10.7 Å². The fourth-order valence-electron chi connectivity index (χ4n) is 3.62. The van der Waals surface area contributed by atoms with Gasteiger partial charge in [-0.2, -0.15) is 0 Å².